The summed E-state index contributed by atoms with van der Waals surface area (Å²) in [6.45, 7) is 1.46. The number of ether oxygens (including phenoxy) is 2. The number of benzene rings is 3. The zero-order valence-corrected chi connectivity index (χ0v) is 25.3. The summed E-state index contributed by atoms with van der Waals surface area (Å²) in [5.74, 6) is 0.693. The number of carbonyl (C=O) groups excluding carboxylic acids is 2. The number of carbonyl (C=O) groups is 2. The predicted molar refractivity (Wildman–Crippen MR) is 171 cm³/mol. The summed E-state index contributed by atoms with van der Waals surface area (Å²) in [5, 5.41) is 3.21. The highest BCUT2D eigenvalue weighted by atomic mass is 32.2. The Labute approximate surface area is 261 Å². The molecule has 1 saturated heterocycles. The molecule has 1 amide bonds. The minimum atomic E-state index is -0.504. The van der Waals surface area contributed by atoms with Gasteiger partial charge in [-0.2, -0.15) is 0 Å². The number of nitrogens with zero attached hydrogens (tertiary/aromatic N) is 2. The van der Waals surface area contributed by atoms with Crippen molar-refractivity contribution in [2.24, 2.45) is 0 Å². The van der Waals surface area contributed by atoms with Crippen molar-refractivity contribution in [1.29, 1.82) is 0 Å². The number of hydrogen-bond acceptors (Lipinski definition) is 6. The molecule has 2 atom stereocenters. The number of fused-ring (bicyclic) bond motifs is 1. The molecule has 1 fully saturated rings. The van der Waals surface area contributed by atoms with Gasteiger partial charge in [0.15, 0.2) is 18.9 Å². The number of nitrogens with one attached hydrogen (secondary N) is 1. The first-order chi connectivity index (χ1) is 21.6. The molecule has 8 heteroatoms. The number of aromatic nitrogens is 1. The summed E-state index contributed by atoms with van der Waals surface area (Å²) >= 11 is 1.66. The minimum absolute atomic E-state index is 0.0970. The van der Waals surface area contributed by atoms with Gasteiger partial charge in [0.05, 0.1) is 7.11 Å². The Morgan fingerprint density at radius 2 is 1.61 bits per heavy atom. The maximum Gasteiger partial charge on any atom is 0.355 e. The number of methoxy groups -OCH3 is 1. The van der Waals surface area contributed by atoms with E-state index in [-0.39, 0.29) is 23.9 Å². The molecule has 0 aliphatic carbocycles. The third kappa shape index (κ3) is 6.77. The Morgan fingerprint density at radius 1 is 0.909 bits per heavy atom. The van der Waals surface area contributed by atoms with E-state index in [1.807, 2.05) is 97.3 Å². The topological polar surface area (TPSA) is 71.8 Å². The van der Waals surface area contributed by atoms with E-state index in [9.17, 15) is 9.59 Å². The Hall–Kier alpha value is -4.66. The van der Waals surface area contributed by atoms with Gasteiger partial charge in [0.1, 0.15) is 29.5 Å². The van der Waals surface area contributed by atoms with Crippen LogP contribution in [0.2, 0.25) is 0 Å². The number of pyridine rings is 1. The molecule has 0 spiro atoms. The van der Waals surface area contributed by atoms with Crippen LogP contribution in [0.1, 0.15) is 22.3 Å². The van der Waals surface area contributed by atoms with Gasteiger partial charge in [-0.25, -0.2) is 9.36 Å². The molecule has 0 saturated carbocycles. The second-order valence-corrected chi connectivity index (χ2v) is 11.8. The monoisotopic (exact) mass is 604 g/mol. The fourth-order valence-corrected chi connectivity index (χ4v) is 6.61. The molecule has 3 aromatic carbocycles. The van der Waals surface area contributed by atoms with Crippen LogP contribution in [0.3, 0.4) is 0 Å². The van der Waals surface area contributed by atoms with Gasteiger partial charge in [0, 0.05) is 30.0 Å². The number of rotatable bonds is 11. The highest BCUT2D eigenvalue weighted by Gasteiger charge is 2.53. The Balaban J connectivity index is 1.19. The quantitative estimate of drug-likeness (QED) is 0.146. The molecule has 2 aliphatic rings. The van der Waals surface area contributed by atoms with Crippen LogP contribution < -0.4 is 14.6 Å². The normalized spacial score (nSPS) is 17.8. The van der Waals surface area contributed by atoms with Gasteiger partial charge in [0.2, 0.25) is 5.91 Å². The lowest BCUT2D eigenvalue weighted by Gasteiger charge is -2.49. The summed E-state index contributed by atoms with van der Waals surface area (Å²) in [5.41, 5.74) is 5.23. The van der Waals surface area contributed by atoms with Crippen LogP contribution in [0.5, 0.6) is 5.75 Å². The summed E-state index contributed by atoms with van der Waals surface area (Å²) in [7, 11) is 1.61. The molecule has 44 heavy (non-hydrogen) atoms. The van der Waals surface area contributed by atoms with Crippen molar-refractivity contribution in [2.75, 3.05) is 12.9 Å². The van der Waals surface area contributed by atoms with Crippen LogP contribution in [0.25, 0.3) is 6.08 Å². The van der Waals surface area contributed by atoms with Gasteiger partial charge in [-0.15, -0.1) is 11.8 Å². The third-order valence-electron chi connectivity index (χ3n) is 7.69. The van der Waals surface area contributed by atoms with E-state index >= 15 is 0 Å². The molecule has 4 aromatic rings. The molecular formula is C36H34N3O4S+. The summed E-state index contributed by atoms with van der Waals surface area (Å²) in [6.07, 6.45) is 8.01. The lowest BCUT2D eigenvalue weighted by Crippen LogP contribution is -2.69. The van der Waals surface area contributed by atoms with Gasteiger partial charge in [-0.05, 0) is 34.4 Å². The number of allylic oxidation sites excluding steroid dienone is 1. The number of thioether (sulfide) groups is 1. The van der Waals surface area contributed by atoms with Gasteiger partial charge in [0.25, 0.3) is 0 Å². The van der Waals surface area contributed by atoms with Crippen LogP contribution in [-0.4, -0.2) is 41.1 Å². The zero-order valence-electron chi connectivity index (χ0n) is 24.5. The third-order valence-corrected chi connectivity index (χ3v) is 8.99. The molecule has 6 rings (SSSR count). The Morgan fingerprint density at radius 3 is 2.34 bits per heavy atom. The van der Waals surface area contributed by atoms with Crippen molar-refractivity contribution in [3.63, 3.8) is 0 Å². The second kappa shape index (κ2) is 13.8. The van der Waals surface area contributed by atoms with E-state index in [2.05, 4.69) is 34.1 Å². The van der Waals surface area contributed by atoms with E-state index in [1.165, 1.54) is 5.56 Å². The molecule has 222 valence electrons. The summed E-state index contributed by atoms with van der Waals surface area (Å²) < 4.78 is 13.1. The number of amides is 1. The molecule has 2 aliphatic heterocycles. The first kappa shape index (κ1) is 29.4. The second-order valence-electron chi connectivity index (χ2n) is 10.7. The molecular weight excluding hydrogens is 570 g/mol. The van der Waals surface area contributed by atoms with Crippen molar-refractivity contribution < 1.29 is 23.6 Å². The maximum absolute atomic E-state index is 13.6. The van der Waals surface area contributed by atoms with Crippen LogP contribution in [0, 0.1) is 0 Å². The molecule has 1 aromatic heterocycles. The molecule has 0 radical (unpaired) electrons. The van der Waals surface area contributed by atoms with Crippen molar-refractivity contribution in [3.05, 3.63) is 149 Å². The van der Waals surface area contributed by atoms with Crippen LogP contribution in [0.4, 0.5) is 0 Å². The van der Waals surface area contributed by atoms with Gasteiger partial charge >= 0.3 is 5.97 Å². The lowest BCUT2D eigenvalue weighted by molar-refractivity contribution is -0.688. The average Bonchev–Trinajstić information content (AvgIpc) is 3.07. The van der Waals surface area contributed by atoms with E-state index in [0.717, 1.165) is 34.6 Å². The predicted octanol–water partition coefficient (Wildman–Crippen LogP) is 5.12. The molecule has 0 bridgehead atoms. The van der Waals surface area contributed by atoms with E-state index in [1.54, 1.807) is 23.8 Å². The van der Waals surface area contributed by atoms with Crippen LogP contribution >= 0.6 is 11.8 Å². The van der Waals surface area contributed by atoms with Gasteiger partial charge in [-0.3, -0.25) is 15.0 Å². The van der Waals surface area contributed by atoms with Crippen molar-refractivity contribution >= 4 is 29.7 Å². The molecule has 2 unspecified atom stereocenters. The largest absolute Gasteiger partial charge is 0.497 e. The Bertz CT molecular complexity index is 1660. The SMILES string of the molecule is COc1ccc(COC(=O)C2=C(/C=C/c3ccc(C[n+]4ccccc4)cc3)CSC3C(NCc4ccccc4)C(=O)N23)cc1. The molecule has 3 heterocycles. The summed E-state index contributed by atoms with van der Waals surface area (Å²) in [4.78, 5) is 28.6. The smallest absolute Gasteiger partial charge is 0.355 e. The van der Waals surface area contributed by atoms with E-state index in [4.69, 9.17) is 9.47 Å². The highest BCUT2D eigenvalue weighted by molar-refractivity contribution is 8.00. The summed E-state index contributed by atoms with van der Waals surface area (Å²) in [6, 6.07) is 31.4. The first-order valence-corrected chi connectivity index (χ1v) is 15.6. The van der Waals surface area contributed by atoms with Crippen molar-refractivity contribution in [1.82, 2.24) is 10.2 Å². The average molecular weight is 605 g/mol. The van der Waals surface area contributed by atoms with E-state index in [0.29, 0.717) is 18.0 Å². The van der Waals surface area contributed by atoms with Gasteiger partial charge < -0.3 is 9.47 Å². The fourth-order valence-electron chi connectivity index (χ4n) is 5.26. The number of β-lactam (4-membered cyclic amide) rings is 1. The zero-order chi connectivity index (χ0) is 30.3. The minimum Gasteiger partial charge on any atom is -0.497 e. The number of esters is 1. The molecule has 7 nitrogen and oxygen atoms in total. The van der Waals surface area contributed by atoms with E-state index < -0.39 is 5.97 Å². The Kier molecular flexibility index (Phi) is 9.20. The van der Waals surface area contributed by atoms with Crippen LogP contribution in [-0.2, 0) is 34.0 Å². The maximum atomic E-state index is 13.6. The van der Waals surface area contributed by atoms with Crippen molar-refractivity contribution in [2.45, 2.75) is 31.1 Å². The van der Waals surface area contributed by atoms with Gasteiger partial charge in [-0.1, -0.05) is 84.9 Å². The fraction of sp³-hybridized carbons (Fsp3) is 0.194. The highest BCUT2D eigenvalue weighted by Crippen LogP contribution is 2.41. The first-order valence-electron chi connectivity index (χ1n) is 14.6. The van der Waals surface area contributed by atoms with Crippen molar-refractivity contribution in [3.8, 4) is 5.75 Å². The standard InChI is InChI=1S/C36H34N3O4S/c1-42-31-18-15-29(16-19-31)24-43-36(41)33-30(17-14-26-10-12-28(13-11-26)23-38-20-6-3-7-21-38)25-44-35-32(34(40)39(33)35)37-22-27-8-4-2-5-9-27/h2-21,32,35,37H,22-25H2,1H3/q+1/b17-14+. The number of hydrogen-bond donors (Lipinski definition) is 1. The molecule has 1 N–H and O–H groups in total. The lowest BCUT2D eigenvalue weighted by atomic mass is 10.0. The van der Waals surface area contributed by atoms with Crippen LogP contribution in [0.15, 0.2) is 127 Å².